The highest BCUT2D eigenvalue weighted by atomic mass is 19.1. The van der Waals surface area contributed by atoms with Crippen LogP contribution in [0.3, 0.4) is 0 Å². The molecule has 0 unspecified atom stereocenters. The Morgan fingerprint density at radius 3 is 2.43 bits per heavy atom. The van der Waals surface area contributed by atoms with E-state index in [9.17, 15) is 24.5 Å². The Labute approximate surface area is 121 Å². The Bertz CT molecular complexity index is 640. The van der Waals surface area contributed by atoms with Gasteiger partial charge in [0.15, 0.2) is 17.3 Å². The minimum absolute atomic E-state index is 0.151. The van der Waals surface area contributed by atoms with E-state index in [-0.39, 0.29) is 5.56 Å². The Morgan fingerprint density at radius 1 is 1.10 bits per heavy atom. The number of benzene rings is 1. The first-order valence-corrected chi connectivity index (χ1v) is 6.07. The van der Waals surface area contributed by atoms with Gasteiger partial charge in [0.05, 0.1) is 11.9 Å². The molecular weight excluding hydrogens is 275 g/mol. The van der Waals surface area contributed by atoms with Crippen molar-refractivity contribution in [1.29, 1.82) is 0 Å². The molecule has 0 atom stereocenters. The number of carbonyl (C=O) groups excluding carboxylic acids is 1. The van der Waals surface area contributed by atoms with Crippen LogP contribution in [0.4, 0.5) is 4.39 Å². The summed E-state index contributed by atoms with van der Waals surface area (Å²) in [6, 6.07) is 2.29. The highest BCUT2D eigenvalue weighted by Gasteiger charge is 2.15. The molecule has 110 valence electrons. The van der Waals surface area contributed by atoms with Gasteiger partial charge in [0.1, 0.15) is 0 Å². The van der Waals surface area contributed by atoms with E-state index in [1.54, 1.807) is 19.1 Å². The Kier molecular flexibility index (Phi) is 5.95. The number of ketones is 1. The van der Waals surface area contributed by atoms with Gasteiger partial charge in [0, 0.05) is 0 Å². The molecule has 0 aliphatic rings. The first-order chi connectivity index (χ1) is 10.0. The number of aromatic hydroxyl groups is 3. The largest absolute Gasteiger partial charge is 0.504 e. The molecule has 0 saturated heterocycles. The molecule has 4 nitrogen and oxygen atoms in total. The number of rotatable bonds is 5. The lowest BCUT2D eigenvalue weighted by Gasteiger charge is -2.04. The van der Waals surface area contributed by atoms with Crippen LogP contribution in [0.25, 0.3) is 0 Å². The second kappa shape index (κ2) is 7.69. The second-order valence-electron chi connectivity index (χ2n) is 4.01. The topological polar surface area (TPSA) is 77.8 Å². The fourth-order valence-electron chi connectivity index (χ4n) is 1.54. The van der Waals surface area contributed by atoms with Crippen molar-refractivity contribution in [2.24, 2.45) is 0 Å². The smallest absolute Gasteiger partial charge is 0.201 e. The van der Waals surface area contributed by atoms with Crippen molar-refractivity contribution in [3.8, 4) is 17.2 Å². The van der Waals surface area contributed by atoms with Crippen LogP contribution in [0.2, 0.25) is 0 Å². The summed E-state index contributed by atoms with van der Waals surface area (Å²) in [5.74, 6) is -2.53. The van der Waals surface area contributed by atoms with Gasteiger partial charge in [0.25, 0.3) is 0 Å². The number of hydrogen-bond acceptors (Lipinski definition) is 4. The predicted octanol–water partition coefficient (Wildman–Crippen LogP) is 3.53. The summed E-state index contributed by atoms with van der Waals surface area (Å²) < 4.78 is 12.0. The molecule has 0 saturated carbocycles. The molecule has 0 radical (unpaired) electrons. The van der Waals surface area contributed by atoms with Gasteiger partial charge in [-0.2, -0.15) is 0 Å². The Balaban J connectivity index is 3.05. The molecule has 0 aliphatic carbocycles. The minimum atomic E-state index is -0.751. The summed E-state index contributed by atoms with van der Waals surface area (Å²) in [6.07, 6.45) is 8.98. The monoisotopic (exact) mass is 290 g/mol. The van der Waals surface area contributed by atoms with Gasteiger partial charge in [-0.15, -0.1) is 0 Å². The Hall–Kier alpha value is -2.82. The third kappa shape index (κ3) is 4.35. The lowest BCUT2D eigenvalue weighted by molar-refractivity contribution is 0.104. The molecule has 3 N–H and O–H groups in total. The van der Waals surface area contributed by atoms with Crippen molar-refractivity contribution in [3.63, 3.8) is 0 Å². The maximum absolute atomic E-state index is 12.0. The van der Waals surface area contributed by atoms with Crippen molar-refractivity contribution in [2.45, 2.75) is 6.92 Å². The number of carbonyl (C=O) groups is 1. The van der Waals surface area contributed by atoms with Crippen LogP contribution in [-0.4, -0.2) is 21.1 Å². The van der Waals surface area contributed by atoms with Crippen LogP contribution >= 0.6 is 0 Å². The number of allylic oxidation sites excluding steroid dienone is 7. The predicted molar refractivity (Wildman–Crippen MR) is 78.1 cm³/mol. The van der Waals surface area contributed by atoms with E-state index in [0.717, 1.165) is 6.07 Å². The standard InChI is InChI=1S/C16H15FO4/c1-2-4-11(5-3-10-17)6-8-13(18)12-7-9-14(19)16(21)15(12)20/h2-10,19-21H,1H3/b4-2-,8-6+,10-3+,11-5+. The van der Waals surface area contributed by atoms with Crippen LogP contribution < -0.4 is 0 Å². The fourth-order valence-corrected chi connectivity index (χ4v) is 1.54. The molecule has 21 heavy (non-hydrogen) atoms. The molecule has 0 amide bonds. The molecule has 0 heterocycles. The van der Waals surface area contributed by atoms with Crippen molar-refractivity contribution in [3.05, 3.63) is 66.1 Å². The van der Waals surface area contributed by atoms with Crippen LogP contribution in [0, 0.1) is 0 Å². The minimum Gasteiger partial charge on any atom is -0.504 e. The SMILES string of the molecule is C\C=C/C(/C=C/C(=O)c1ccc(O)c(O)c1O)=C\C=C\F. The molecule has 1 rings (SSSR count). The van der Waals surface area contributed by atoms with Crippen molar-refractivity contribution < 1.29 is 24.5 Å². The zero-order chi connectivity index (χ0) is 15.8. The van der Waals surface area contributed by atoms with E-state index in [0.29, 0.717) is 11.9 Å². The highest BCUT2D eigenvalue weighted by molar-refractivity contribution is 6.07. The molecule has 0 spiro atoms. The molecule has 0 aromatic heterocycles. The van der Waals surface area contributed by atoms with E-state index in [1.165, 1.54) is 30.4 Å². The average Bonchev–Trinajstić information content (AvgIpc) is 2.47. The molecule has 0 aliphatic heterocycles. The Morgan fingerprint density at radius 2 is 1.81 bits per heavy atom. The first-order valence-electron chi connectivity index (χ1n) is 6.07. The van der Waals surface area contributed by atoms with E-state index < -0.39 is 23.0 Å². The number of phenolic OH excluding ortho intramolecular Hbond substituents is 3. The van der Waals surface area contributed by atoms with Gasteiger partial charge >= 0.3 is 0 Å². The van der Waals surface area contributed by atoms with Gasteiger partial charge in [-0.3, -0.25) is 4.79 Å². The van der Waals surface area contributed by atoms with Crippen LogP contribution in [0.1, 0.15) is 17.3 Å². The lowest BCUT2D eigenvalue weighted by Crippen LogP contribution is -1.95. The quantitative estimate of drug-likeness (QED) is 0.335. The summed E-state index contributed by atoms with van der Waals surface area (Å²) in [4.78, 5) is 11.9. The molecule has 0 fully saturated rings. The molecule has 0 bridgehead atoms. The van der Waals surface area contributed by atoms with E-state index >= 15 is 0 Å². The average molecular weight is 290 g/mol. The maximum atomic E-state index is 12.0. The van der Waals surface area contributed by atoms with Crippen molar-refractivity contribution in [2.75, 3.05) is 0 Å². The van der Waals surface area contributed by atoms with E-state index in [2.05, 4.69) is 0 Å². The molecule has 5 heteroatoms. The summed E-state index contributed by atoms with van der Waals surface area (Å²) >= 11 is 0. The second-order valence-corrected chi connectivity index (χ2v) is 4.01. The third-order valence-corrected chi connectivity index (χ3v) is 2.54. The van der Waals surface area contributed by atoms with Gasteiger partial charge in [-0.05, 0) is 36.8 Å². The number of hydrogen-bond donors (Lipinski definition) is 3. The van der Waals surface area contributed by atoms with E-state index in [1.807, 2.05) is 0 Å². The zero-order valence-electron chi connectivity index (χ0n) is 11.3. The van der Waals surface area contributed by atoms with Gasteiger partial charge in [-0.25, -0.2) is 4.39 Å². The maximum Gasteiger partial charge on any atom is 0.201 e. The molecule has 1 aromatic rings. The van der Waals surface area contributed by atoms with E-state index in [4.69, 9.17) is 0 Å². The summed E-state index contributed by atoms with van der Waals surface area (Å²) in [7, 11) is 0. The normalized spacial score (nSPS) is 12.8. The highest BCUT2D eigenvalue weighted by Crippen LogP contribution is 2.37. The fraction of sp³-hybridized carbons (Fsp3) is 0.0625. The first kappa shape index (κ1) is 16.2. The van der Waals surface area contributed by atoms with Crippen molar-refractivity contribution in [1.82, 2.24) is 0 Å². The summed E-state index contributed by atoms with van der Waals surface area (Å²) in [5.41, 5.74) is 0.421. The number of halogens is 1. The summed E-state index contributed by atoms with van der Waals surface area (Å²) in [6.45, 7) is 1.77. The van der Waals surface area contributed by atoms with Gasteiger partial charge in [-0.1, -0.05) is 24.3 Å². The molecule has 1 aromatic carbocycles. The van der Waals surface area contributed by atoms with Crippen LogP contribution in [0.5, 0.6) is 17.2 Å². The number of phenols is 3. The zero-order valence-corrected chi connectivity index (χ0v) is 11.3. The van der Waals surface area contributed by atoms with Gasteiger partial charge < -0.3 is 15.3 Å². The van der Waals surface area contributed by atoms with Crippen LogP contribution in [-0.2, 0) is 0 Å². The van der Waals surface area contributed by atoms with Gasteiger partial charge in [0.2, 0.25) is 5.75 Å². The third-order valence-electron chi connectivity index (χ3n) is 2.54. The van der Waals surface area contributed by atoms with Crippen LogP contribution in [0.15, 0.2) is 60.5 Å². The molecular formula is C16H15FO4. The summed E-state index contributed by atoms with van der Waals surface area (Å²) in [5, 5.41) is 28.2. The van der Waals surface area contributed by atoms with Crippen molar-refractivity contribution >= 4 is 5.78 Å². The lowest BCUT2D eigenvalue weighted by atomic mass is 10.1.